The quantitative estimate of drug-likeness (QED) is 0.0261. The summed E-state index contributed by atoms with van der Waals surface area (Å²) < 4.78 is 17.0. The Balaban J connectivity index is 3.98. The summed E-state index contributed by atoms with van der Waals surface area (Å²) in [6.45, 7) is 6.66. The molecule has 0 aromatic heterocycles. The van der Waals surface area contributed by atoms with Crippen molar-refractivity contribution in [1.82, 2.24) is 0 Å². The summed E-state index contributed by atoms with van der Waals surface area (Å²) in [6.07, 6.45) is 87.2. The van der Waals surface area contributed by atoms with Crippen LogP contribution in [0.25, 0.3) is 0 Å². The summed E-state index contributed by atoms with van der Waals surface area (Å²) in [4.78, 5) is 38.3. The van der Waals surface area contributed by atoms with Gasteiger partial charge in [0.2, 0.25) is 0 Å². The molecule has 0 aromatic rings. The van der Waals surface area contributed by atoms with Crippen molar-refractivity contribution in [2.75, 3.05) is 13.2 Å². The minimum Gasteiger partial charge on any atom is -0.462 e. The second-order valence-corrected chi connectivity index (χ2v) is 25.9. The van der Waals surface area contributed by atoms with E-state index in [1.807, 2.05) is 0 Å². The zero-order valence-electron chi connectivity index (χ0n) is 56.1. The Kier molecular flexibility index (Phi) is 70.0. The van der Waals surface area contributed by atoms with Gasteiger partial charge in [0.05, 0.1) is 0 Å². The normalized spacial score (nSPS) is 12.0. The van der Waals surface area contributed by atoms with Crippen molar-refractivity contribution in [3.05, 3.63) is 12.2 Å². The molecule has 0 amide bonds. The highest BCUT2D eigenvalue weighted by atomic mass is 16.6. The molecular weight excluding hydrogens is 1010 g/mol. The number of esters is 3. The second-order valence-electron chi connectivity index (χ2n) is 25.9. The van der Waals surface area contributed by atoms with Gasteiger partial charge in [0.1, 0.15) is 13.2 Å². The van der Waals surface area contributed by atoms with Gasteiger partial charge in [-0.15, -0.1) is 0 Å². The van der Waals surface area contributed by atoms with Gasteiger partial charge >= 0.3 is 17.9 Å². The molecule has 0 heterocycles. The lowest BCUT2D eigenvalue weighted by Crippen LogP contribution is -2.30. The van der Waals surface area contributed by atoms with Crippen LogP contribution in [-0.2, 0) is 28.6 Å². The molecule has 82 heavy (non-hydrogen) atoms. The van der Waals surface area contributed by atoms with Crippen molar-refractivity contribution in [3.63, 3.8) is 0 Å². The van der Waals surface area contributed by atoms with Crippen LogP contribution in [0.5, 0.6) is 0 Å². The Hall–Kier alpha value is -1.85. The summed E-state index contributed by atoms with van der Waals surface area (Å²) in [5.74, 6) is -0.844. The Bertz CT molecular complexity index is 1280. The van der Waals surface area contributed by atoms with Crippen LogP contribution in [-0.4, -0.2) is 37.2 Å². The molecule has 0 aliphatic rings. The Morgan fingerprint density at radius 3 is 0.659 bits per heavy atom. The highest BCUT2D eigenvalue weighted by Gasteiger charge is 2.20. The standard InChI is InChI=1S/C76H146O6/c1-4-7-10-13-16-19-22-24-26-28-30-31-32-33-34-35-36-37-38-39-40-41-42-43-44-45-47-48-50-52-54-57-60-63-66-69-75(78)81-72-73(71-80-74(77)68-65-62-59-56-21-18-15-12-9-6-3)82-76(79)70-67-64-61-58-55-53-51-49-46-29-27-25-23-20-17-14-11-8-5-2/h12,15,73H,4-11,13-14,16-72H2,1-3H3/b15-12-. The van der Waals surface area contributed by atoms with Crippen LogP contribution in [0.2, 0.25) is 0 Å². The van der Waals surface area contributed by atoms with Crippen molar-refractivity contribution in [1.29, 1.82) is 0 Å². The maximum absolute atomic E-state index is 12.9. The van der Waals surface area contributed by atoms with E-state index in [-0.39, 0.29) is 31.1 Å². The van der Waals surface area contributed by atoms with Gasteiger partial charge in [0.25, 0.3) is 0 Å². The van der Waals surface area contributed by atoms with E-state index in [0.29, 0.717) is 19.3 Å². The van der Waals surface area contributed by atoms with E-state index in [4.69, 9.17) is 14.2 Å². The van der Waals surface area contributed by atoms with Crippen LogP contribution >= 0.6 is 0 Å². The fourth-order valence-electron chi connectivity index (χ4n) is 11.9. The smallest absolute Gasteiger partial charge is 0.306 e. The lowest BCUT2D eigenvalue weighted by Gasteiger charge is -2.18. The van der Waals surface area contributed by atoms with Gasteiger partial charge in [-0.05, 0) is 38.5 Å². The summed E-state index contributed by atoms with van der Waals surface area (Å²) >= 11 is 0. The van der Waals surface area contributed by atoms with E-state index in [2.05, 4.69) is 32.9 Å². The van der Waals surface area contributed by atoms with Gasteiger partial charge in [-0.25, -0.2) is 0 Å². The largest absolute Gasteiger partial charge is 0.462 e. The molecule has 0 saturated carbocycles. The van der Waals surface area contributed by atoms with Crippen molar-refractivity contribution in [2.45, 2.75) is 444 Å². The summed E-state index contributed by atoms with van der Waals surface area (Å²) in [7, 11) is 0. The molecular formula is C76H146O6. The Morgan fingerprint density at radius 1 is 0.232 bits per heavy atom. The number of hydrogen-bond acceptors (Lipinski definition) is 6. The number of hydrogen-bond donors (Lipinski definition) is 0. The van der Waals surface area contributed by atoms with E-state index in [1.54, 1.807) is 0 Å². The first-order chi connectivity index (χ1) is 40.5. The van der Waals surface area contributed by atoms with Gasteiger partial charge in [-0.2, -0.15) is 0 Å². The molecule has 1 atom stereocenters. The second kappa shape index (κ2) is 71.6. The third-order valence-electron chi connectivity index (χ3n) is 17.5. The predicted molar refractivity (Wildman–Crippen MR) is 358 cm³/mol. The maximum atomic E-state index is 12.9. The first kappa shape index (κ1) is 80.2. The molecule has 486 valence electrons. The molecule has 0 spiro atoms. The van der Waals surface area contributed by atoms with Crippen molar-refractivity contribution in [3.8, 4) is 0 Å². The number of carbonyl (C=O) groups excluding carboxylic acids is 3. The minimum absolute atomic E-state index is 0.0660. The van der Waals surface area contributed by atoms with Gasteiger partial charge < -0.3 is 14.2 Å². The van der Waals surface area contributed by atoms with E-state index in [1.165, 1.54) is 327 Å². The zero-order valence-corrected chi connectivity index (χ0v) is 56.1. The van der Waals surface area contributed by atoms with E-state index in [9.17, 15) is 14.4 Å². The first-order valence-electron chi connectivity index (χ1n) is 37.7. The summed E-state index contributed by atoms with van der Waals surface area (Å²) in [5.41, 5.74) is 0. The molecule has 0 radical (unpaired) electrons. The van der Waals surface area contributed by atoms with Crippen LogP contribution in [0.3, 0.4) is 0 Å². The third-order valence-corrected chi connectivity index (χ3v) is 17.5. The monoisotopic (exact) mass is 1160 g/mol. The van der Waals surface area contributed by atoms with E-state index < -0.39 is 6.10 Å². The van der Waals surface area contributed by atoms with Crippen LogP contribution in [0, 0.1) is 0 Å². The SMILES string of the molecule is CCC/C=C\CCCCCCCC(=O)OCC(COC(=O)CCCCCCCCCCCCCCCCCCCCCCCCCCCCCCCCCCCCC)OC(=O)CCCCCCCCCCCCCCCCCCCCC. The predicted octanol–water partition coefficient (Wildman–Crippen LogP) is 26.0. The molecule has 0 aliphatic heterocycles. The van der Waals surface area contributed by atoms with Crippen LogP contribution in [0.15, 0.2) is 12.2 Å². The molecule has 0 saturated heterocycles. The van der Waals surface area contributed by atoms with Gasteiger partial charge in [-0.1, -0.05) is 392 Å². The van der Waals surface area contributed by atoms with Gasteiger partial charge in [0.15, 0.2) is 6.10 Å². The molecule has 1 unspecified atom stereocenters. The number of allylic oxidation sites excluding steroid dienone is 2. The fourth-order valence-corrected chi connectivity index (χ4v) is 11.9. The molecule has 0 bridgehead atoms. The highest BCUT2D eigenvalue weighted by molar-refractivity contribution is 5.71. The lowest BCUT2D eigenvalue weighted by molar-refractivity contribution is -0.167. The van der Waals surface area contributed by atoms with E-state index >= 15 is 0 Å². The highest BCUT2D eigenvalue weighted by Crippen LogP contribution is 2.20. The van der Waals surface area contributed by atoms with Crippen molar-refractivity contribution in [2.24, 2.45) is 0 Å². The molecule has 0 N–H and O–H groups in total. The van der Waals surface area contributed by atoms with Crippen LogP contribution in [0.1, 0.15) is 438 Å². The molecule has 0 rings (SSSR count). The van der Waals surface area contributed by atoms with Crippen molar-refractivity contribution < 1.29 is 28.6 Å². The summed E-state index contributed by atoms with van der Waals surface area (Å²) in [5, 5.41) is 0. The average molecular weight is 1160 g/mol. The molecule has 0 aromatic carbocycles. The third kappa shape index (κ3) is 68.9. The molecule has 0 aliphatic carbocycles. The maximum Gasteiger partial charge on any atom is 0.306 e. The zero-order chi connectivity index (χ0) is 59.2. The Morgan fingerprint density at radius 2 is 0.427 bits per heavy atom. The molecule has 6 heteroatoms. The van der Waals surface area contributed by atoms with E-state index in [0.717, 1.165) is 70.6 Å². The molecule has 0 fully saturated rings. The fraction of sp³-hybridized carbons (Fsp3) is 0.934. The minimum atomic E-state index is -0.769. The average Bonchev–Trinajstić information content (AvgIpc) is 3.47. The lowest BCUT2D eigenvalue weighted by atomic mass is 10.0. The van der Waals surface area contributed by atoms with Crippen LogP contribution in [0.4, 0.5) is 0 Å². The molecule has 6 nitrogen and oxygen atoms in total. The van der Waals surface area contributed by atoms with Crippen molar-refractivity contribution >= 4 is 17.9 Å². The first-order valence-corrected chi connectivity index (χ1v) is 37.7. The number of rotatable bonds is 71. The van der Waals surface area contributed by atoms with Crippen LogP contribution < -0.4 is 0 Å². The summed E-state index contributed by atoms with van der Waals surface area (Å²) in [6, 6.07) is 0. The number of unbranched alkanes of at least 4 members (excludes halogenated alkanes) is 58. The topological polar surface area (TPSA) is 78.9 Å². The van der Waals surface area contributed by atoms with Gasteiger partial charge in [-0.3, -0.25) is 14.4 Å². The van der Waals surface area contributed by atoms with Gasteiger partial charge in [0, 0.05) is 19.3 Å². The Labute approximate surface area is 513 Å². The number of carbonyl (C=O) groups is 3. The number of ether oxygens (including phenoxy) is 3.